The number of Topliss-reactive ketones (excluding diaryl/α,β-unsaturated/α-hetero) is 1. The minimum atomic E-state index is -0.480. The first-order valence-corrected chi connectivity index (χ1v) is 14.3. The summed E-state index contributed by atoms with van der Waals surface area (Å²) in [5.41, 5.74) is 7.75. The highest BCUT2D eigenvalue weighted by Crippen LogP contribution is 2.67. The van der Waals surface area contributed by atoms with Crippen LogP contribution in [-0.4, -0.2) is 53.6 Å². The van der Waals surface area contributed by atoms with Crippen LogP contribution in [0.5, 0.6) is 0 Å². The molecule has 0 radical (unpaired) electrons. The first-order valence-electron chi connectivity index (χ1n) is 14.3. The molecule has 0 aromatic carbocycles. The van der Waals surface area contributed by atoms with Gasteiger partial charge in [-0.15, -0.1) is 0 Å². The van der Waals surface area contributed by atoms with Crippen LogP contribution in [0.15, 0.2) is 11.6 Å². The standard InChI is InChI=1S/C29H47N3O3/c1-18(4-9-26(34)25-17-31-14-15-32(25)27(30)35)22-7-8-23-21-6-5-19-16-20(33)10-12-28(19,2)24(21)11-13-29(22,23)3/h5,18,20-25,31,33H,4,6-17H2,1-3H3,(H2,30,35)/t18-,20+,21+,22-,23+,24+,25?,28+,29-/m1/s1. The molecular weight excluding hydrogens is 438 g/mol. The summed E-state index contributed by atoms with van der Waals surface area (Å²) in [7, 11) is 0. The number of aliphatic hydroxyl groups excluding tert-OH is 1. The minimum absolute atomic E-state index is 0.140. The molecule has 35 heavy (non-hydrogen) atoms. The van der Waals surface area contributed by atoms with Crippen molar-refractivity contribution in [3.63, 3.8) is 0 Å². The van der Waals surface area contributed by atoms with Crippen LogP contribution in [0.3, 0.4) is 0 Å². The van der Waals surface area contributed by atoms with Crippen molar-refractivity contribution in [1.29, 1.82) is 0 Å². The second-order valence-corrected chi connectivity index (χ2v) is 13.1. The SMILES string of the molecule is C[C@H](CCC(=O)C1CNCCN1C(N)=O)[C@H]1CC[C@H]2[C@@H]3CC=C4C[C@@H](O)CC[C@]4(C)[C@H]3CC[C@]12C. The van der Waals surface area contributed by atoms with Gasteiger partial charge in [0.25, 0.3) is 0 Å². The minimum Gasteiger partial charge on any atom is -0.393 e. The Hall–Kier alpha value is -1.40. The largest absolute Gasteiger partial charge is 0.393 e. The van der Waals surface area contributed by atoms with Gasteiger partial charge in [0.1, 0.15) is 6.04 Å². The summed E-state index contributed by atoms with van der Waals surface area (Å²) in [6, 6.07) is -0.888. The number of amides is 2. The lowest BCUT2D eigenvalue weighted by molar-refractivity contribution is -0.124. The lowest BCUT2D eigenvalue weighted by atomic mass is 9.47. The maximum atomic E-state index is 13.1. The van der Waals surface area contributed by atoms with Gasteiger partial charge in [0.05, 0.1) is 6.10 Å². The molecule has 1 unspecified atom stereocenters. The number of carbonyl (C=O) groups excluding carboxylic acids is 2. The molecule has 4 aliphatic carbocycles. The van der Waals surface area contributed by atoms with Crippen molar-refractivity contribution in [3.05, 3.63) is 11.6 Å². The highest BCUT2D eigenvalue weighted by atomic mass is 16.3. The van der Waals surface area contributed by atoms with Crippen LogP contribution in [0.25, 0.3) is 0 Å². The average molecular weight is 486 g/mol. The van der Waals surface area contributed by atoms with Crippen molar-refractivity contribution < 1.29 is 14.7 Å². The number of hydrogen-bond donors (Lipinski definition) is 3. The number of aliphatic hydroxyl groups is 1. The zero-order chi connectivity index (χ0) is 25.0. The zero-order valence-electron chi connectivity index (χ0n) is 22.1. The maximum Gasteiger partial charge on any atom is 0.315 e. The molecule has 9 atom stereocenters. The summed E-state index contributed by atoms with van der Waals surface area (Å²) in [6.45, 7) is 9.17. The van der Waals surface area contributed by atoms with Gasteiger partial charge in [0, 0.05) is 26.1 Å². The van der Waals surface area contributed by atoms with Gasteiger partial charge < -0.3 is 21.1 Å². The van der Waals surface area contributed by atoms with E-state index in [4.69, 9.17) is 5.73 Å². The van der Waals surface area contributed by atoms with E-state index in [-0.39, 0.29) is 11.9 Å². The Morgan fingerprint density at radius 1 is 1.20 bits per heavy atom. The molecule has 5 aliphatic rings. The fourth-order valence-electron chi connectivity index (χ4n) is 9.61. The van der Waals surface area contributed by atoms with E-state index in [2.05, 4.69) is 32.2 Å². The average Bonchev–Trinajstić information content (AvgIpc) is 3.20. The molecule has 4 fully saturated rings. The third-order valence-electron chi connectivity index (χ3n) is 11.6. The number of piperazine rings is 1. The zero-order valence-corrected chi connectivity index (χ0v) is 22.1. The van der Waals surface area contributed by atoms with E-state index in [1.54, 1.807) is 10.5 Å². The maximum absolute atomic E-state index is 13.1. The third-order valence-corrected chi connectivity index (χ3v) is 11.6. The van der Waals surface area contributed by atoms with Crippen LogP contribution >= 0.6 is 0 Å². The van der Waals surface area contributed by atoms with Crippen LogP contribution in [0.1, 0.15) is 85.0 Å². The van der Waals surface area contributed by atoms with Crippen LogP contribution < -0.4 is 11.1 Å². The van der Waals surface area contributed by atoms with E-state index in [1.807, 2.05) is 0 Å². The Balaban J connectivity index is 1.24. The summed E-state index contributed by atoms with van der Waals surface area (Å²) >= 11 is 0. The molecule has 0 aromatic rings. The van der Waals surface area contributed by atoms with E-state index in [1.165, 1.54) is 32.1 Å². The molecule has 5 rings (SSSR count). The van der Waals surface area contributed by atoms with Crippen LogP contribution in [-0.2, 0) is 4.79 Å². The topological polar surface area (TPSA) is 95.7 Å². The molecular formula is C29H47N3O3. The molecule has 0 bridgehead atoms. The lowest BCUT2D eigenvalue weighted by Gasteiger charge is -2.58. The number of ketones is 1. The van der Waals surface area contributed by atoms with Crippen LogP contribution in [0.4, 0.5) is 4.79 Å². The monoisotopic (exact) mass is 485 g/mol. The molecule has 1 heterocycles. The van der Waals surface area contributed by atoms with Gasteiger partial charge in [-0.05, 0) is 98.2 Å². The van der Waals surface area contributed by atoms with Crippen molar-refractivity contribution in [1.82, 2.24) is 10.2 Å². The van der Waals surface area contributed by atoms with Crippen molar-refractivity contribution >= 4 is 11.8 Å². The van der Waals surface area contributed by atoms with Crippen molar-refractivity contribution in [2.45, 2.75) is 97.1 Å². The Kier molecular flexibility index (Phi) is 6.84. The molecule has 1 saturated heterocycles. The third kappa shape index (κ3) is 4.27. The number of allylic oxidation sites excluding steroid dienone is 1. The van der Waals surface area contributed by atoms with E-state index >= 15 is 0 Å². The highest BCUT2D eigenvalue weighted by Gasteiger charge is 2.59. The normalized spacial score (nSPS) is 44.0. The molecule has 6 heteroatoms. The molecule has 1 aliphatic heterocycles. The summed E-state index contributed by atoms with van der Waals surface area (Å²) in [5, 5.41) is 13.5. The molecule has 4 N–H and O–H groups in total. The van der Waals surface area contributed by atoms with Gasteiger partial charge >= 0.3 is 6.03 Å². The Morgan fingerprint density at radius 3 is 2.77 bits per heavy atom. The molecule has 0 aromatic heterocycles. The van der Waals surface area contributed by atoms with Crippen molar-refractivity contribution in [3.8, 4) is 0 Å². The molecule has 2 amide bonds. The lowest BCUT2D eigenvalue weighted by Crippen LogP contribution is -2.58. The van der Waals surface area contributed by atoms with E-state index in [9.17, 15) is 14.7 Å². The molecule has 6 nitrogen and oxygen atoms in total. The van der Waals surface area contributed by atoms with Gasteiger partial charge in [-0.1, -0.05) is 32.4 Å². The Labute approximate surface area is 211 Å². The number of hydrogen-bond acceptors (Lipinski definition) is 4. The number of nitrogens with one attached hydrogen (secondary N) is 1. The number of nitrogens with zero attached hydrogens (tertiary/aromatic N) is 1. The predicted molar refractivity (Wildman–Crippen MR) is 138 cm³/mol. The summed E-state index contributed by atoms with van der Waals surface area (Å²) in [4.78, 5) is 26.4. The second kappa shape index (κ2) is 9.48. The van der Waals surface area contributed by atoms with Crippen LogP contribution in [0, 0.1) is 40.4 Å². The quantitative estimate of drug-likeness (QED) is 0.507. The first kappa shape index (κ1) is 25.3. The van der Waals surface area contributed by atoms with E-state index < -0.39 is 12.1 Å². The smallest absolute Gasteiger partial charge is 0.315 e. The van der Waals surface area contributed by atoms with Gasteiger partial charge in [0.2, 0.25) is 0 Å². The summed E-state index contributed by atoms with van der Waals surface area (Å²) < 4.78 is 0. The molecule has 196 valence electrons. The van der Waals surface area contributed by atoms with Gasteiger partial charge in [-0.25, -0.2) is 4.79 Å². The van der Waals surface area contributed by atoms with Gasteiger partial charge in [0.15, 0.2) is 5.78 Å². The van der Waals surface area contributed by atoms with Gasteiger partial charge in [-0.2, -0.15) is 0 Å². The van der Waals surface area contributed by atoms with Gasteiger partial charge in [-0.3, -0.25) is 4.79 Å². The van der Waals surface area contributed by atoms with Crippen molar-refractivity contribution in [2.24, 2.45) is 46.2 Å². The fourth-order valence-corrected chi connectivity index (χ4v) is 9.61. The van der Waals surface area contributed by atoms with Crippen LogP contribution in [0.2, 0.25) is 0 Å². The fraction of sp³-hybridized carbons (Fsp3) is 0.862. The first-order chi connectivity index (χ1) is 16.6. The molecule has 0 spiro atoms. The number of urea groups is 1. The number of fused-ring (bicyclic) bond motifs is 5. The summed E-state index contributed by atoms with van der Waals surface area (Å²) in [5.74, 6) is 3.65. The number of rotatable bonds is 5. The van der Waals surface area contributed by atoms with E-state index in [0.717, 1.165) is 43.4 Å². The molecule has 3 saturated carbocycles. The van der Waals surface area contributed by atoms with E-state index in [0.29, 0.717) is 48.7 Å². The number of primary amides is 1. The number of carbonyl (C=O) groups is 2. The number of nitrogens with two attached hydrogens (primary N) is 1. The Bertz CT molecular complexity index is 873. The summed E-state index contributed by atoms with van der Waals surface area (Å²) in [6.07, 6.45) is 13.2. The Morgan fingerprint density at radius 2 is 2.00 bits per heavy atom. The second-order valence-electron chi connectivity index (χ2n) is 13.1. The predicted octanol–water partition coefficient (Wildman–Crippen LogP) is 4.26. The van der Waals surface area contributed by atoms with Crippen molar-refractivity contribution in [2.75, 3.05) is 19.6 Å². The highest BCUT2D eigenvalue weighted by molar-refractivity contribution is 5.88.